The molecule has 4 rings (SSSR count). The number of nitrogens with zero attached hydrogens (tertiary/aromatic N) is 2. The summed E-state index contributed by atoms with van der Waals surface area (Å²) >= 11 is 2.54. The maximum atomic E-state index is 13.3. The number of anilines is 1. The molecule has 1 amide bonds. The van der Waals surface area contributed by atoms with Crippen molar-refractivity contribution in [2.75, 3.05) is 11.1 Å². The second-order valence-corrected chi connectivity index (χ2v) is 8.11. The van der Waals surface area contributed by atoms with Gasteiger partial charge in [0.1, 0.15) is 10.5 Å². The number of carbonyl (C=O) groups excluding carboxylic acids is 1. The second kappa shape index (κ2) is 8.59. The van der Waals surface area contributed by atoms with Gasteiger partial charge in [0.2, 0.25) is 5.91 Å². The average molecular weight is 426 g/mol. The largest absolute Gasteiger partial charge is 0.325 e. The molecular weight excluding hydrogens is 409 g/mol. The Labute approximate surface area is 174 Å². The van der Waals surface area contributed by atoms with Crippen LogP contribution in [-0.2, 0) is 11.3 Å². The number of fused-ring (bicyclic) bond motifs is 1. The van der Waals surface area contributed by atoms with Crippen LogP contribution in [0.1, 0.15) is 5.56 Å². The molecule has 0 saturated carbocycles. The first-order valence-electron chi connectivity index (χ1n) is 8.80. The normalized spacial score (nSPS) is 10.9. The van der Waals surface area contributed by atoms with Crippen molar-refractivity contribution >= 4 is 44.9 Å². The summed E-state index contributed by atoms with van der Waals surface area (Å²) in [5.74, 6) is -0.670. The third kappa shape index (κ3) is 4.55. The molecule has 2 heterocycles. The number of hydrogen-bond acceptors (Lipinski definition) is 5. The Morgan fingerprint density at radius 1 is 1.14 bits per heavy atom. The van der Waals surface area contributed by atoms with E-state index in [4.69, 9.17) is 0 Å². The zero-order valence-corrected chi connectivity index (χ0v) is 16.8. The lowest BCUT2D eigenvalue weighted by Crippen LogP contribution is -2.24. The number of nitrogens with one attached hydrogen (secondary N) is 1. The lowest BCUT2D eigenvalue weighted by molar-refractivity contribution is -0.113. The van der Waals surface area contributed by atoms with Gasteiger partial charge in [0.05, 0.1) is 17.8 Å². The van der Waals surface area contributed by atoms with E-state index in [1.807, 2.05) is 35.7 Å². The summed E-state index contributed by atoms with van der Waals surface area (Å²) in [6, 6.07) is 17.1. The van der Waals surface area contributed by atoms with Crippen LogP contribution in [0, 0.1) is 5.82 Å². The van der Waals surface area contributed by atoms with Gasteiger partial charge < -0.3 is 5.32 Å². The zero-order valence-electron chi connectivity index (χ0n) is 15.2. The highest BCUT2D eigenvalue weighted by Gasteiger charge is 2.15. The molecule has 2 aromatic heterocycles. The second-order valence-electron chi connectivity index (χ2n) is 6.25. The molecular formula is C21H16FN3O2S2. The SMILES string of the molecule is O=C(CSc1nc2ccsc2c(=O)n1Cc1ccccc1)Nc1cccc(F)c1. The maximum absolute atomic E-state index is 13.3. The molecule has 0 spiro atoms. The van der Waals surface area contributed by atoms with Crippen molar-refractivity contribution < 1.29 is 9.18 Å². The topological polar surface area (TPSA) is 64.0 Å². The van der Waals surface area contributed by atoms with Crippen molar-refractivity contribution in [3.63, 3.8) is 0 Å². The Balaban J connectivity index is 1.58. The van der Waals surface area contributed by atoms with E-state index < -0.39 is 5.82 Å². The van der Waals surface area contributed by atoms with E-state index in [2.05, 4.69) is 10.3 Å². The predicted octanol–water partition coefficient (Wildman–Crippen LogP) is 4.38. The predicted molar refractivity (Wildman–Crippen MR) is 115 cm³/mol. The summed E-state index contributed by atoms with van der Waals surface area (Å²) in [4.78, 5) is 29.8. The fourth-order valence-corrected chi connectivity index (χ4v) is 4.41. The van der Waals surface area contributed by atoms with Gasteiger partial charge in [0.25, 0.3) is 5.56 Å². The summed E-state index contributed by atoms with van der Waals surface area (Å²) in [5.41, 5.74) is 1.86. The van der Waals surface area contributed by atoms with Gasteiger partial charge in [0.15, 0.2) is 5.16 Å². The molecule has 0 aliphatic carbocycles. The van der Waals surface area contributed by atoms with Gasteiger partial charge in [-0.15, -0.1) is 11.3 Å². The van der Waals surface area contributed by atoms with Crippen LogP contribution in [0.5, 0.6) is 0 Å². The van der Waals surface area contributed by atoms with Crippen LogP contribution in [0.2, 0.25) is 0 Å². The molecule has 0 atom stereocenters. The van der Waals surface area contributed by atoms with Crippen molar-refractivity contribution in [3.8, 4) is 0 Å². The third-order valence-electron chi connectivity index (χ3n) is 4.16. The number of thioether (sulfide) groups is 1. The Kier molecular flexibility index (Phi) is 5.73. The van der Waals surface area contributed by atoms with E-state index in [9.17, 15) is 14.0 Å². The molecule has 2 aromatic carbocycles. The molecule has 0 aliphatic rings. The highest BCUT2D eigenvalue weighted by molar-refractivity contribution is 7.99. The standard InChI is InChI=1S/C21H16FN3O2S2/c22-15-7-4-8-16(11-15)23-18(26)13-29-21-24-17-9-10-28-19(17)20(27)25(21)12-14-5-2-1-3-6-14/h1-11H,12-13H2,(H,23,26). The van der Waals surface area contributed by atoms with Crippen LogP contribution < -0.4 is 10.9 Å². The van der Waals surface area contributed by atoms with E-state index >= 15 is 0 Å². The van der Waals surface area contributed by atoms with Crippen LogP contribution in [0.3, 0.4) is 0 Å². The first-order valence-corrected chi connectivity index (χ1v) is 10.7. The summed E-state index contributed by atoms with van der Waals surface area (Å²) < 4.78 is 15.5. The Bertz CT molecular complexity index is 1220. The molecule has 0 fully saturated rings. The number of aromatic nitrogens is 2. The van der Waals surface area contributed by atoms with E-state index in [0.717, 1.165) is 5.56 Å². The van der Waals surface area contributed by atoms with Crippen molar-refractivity contribution in [1.82, 2.24) is 9.55 Å². The monoisotopic (exact) mass is 425 g/mol. The quantitative estimate of drug-likeness (QED) is 0.368. The van der Waals surface area contributed by atoms with Gasteiger partial charge >= 0.3 is 0 Å². The fraction of sp³-hybridized carbons (Fsp3) is 0.0952. The molecule has 146 valence electrons. The first-order chi connectivity index (χ1) is 14.1. The number of amides is 1. The lowest BCUT2D eigenvalue weighted by Gasteiger charge is -2.12. The molecule has 5 nitrogen and oxygen atoms in total. The van der Waals surface area contributed by atoms with Crippen LogP contribution >= 0.6 is 23.1 Å². The van der Waals surface area contributed by atoms with Gasteiger partial charge in [-0.2, -0.15) is 0 Å². The van der Waals surface area contributed by atoms with Gasteiger partial charge in [-0.25, -0.2) is 9.37 Å². The molecule has 8 heteroatoms. The molecule has 0 aliphatic heterocycles. The van der Waals surface area contributed by atoms with Gasteiger partial charge in [-0.05, 0) is 35.2 Å². The highest BCUT2D eigenvalue weighted by atomic mass is 32.2. The van der Waals surface area contributed by atoms with E-state index in [-0.39, 0.29) is 17.2 Å². The van der Waals surface area contributed by atoms with Crippen molar-refractivity contribution in [3.05, 3.63) is 87.8 Å². The number of halogens is 1. The maximum Gasteiger partial charge on any atom is 0.272 e. The lowest BCUT2D eigenvalue weighted by atomic mass is 10.2. The average Bonchev–Trinajstić information content (AvgIpc) is 3.18. The van der Waals surface area contributed by atoms with Crippen molar-refractivity contribution in [1.29, 1.82) is 0 Å². The minimum absolute atomic E-state index is 0.0490. The number of carbonyl (C=O) groups is 1. The van der Waals surface area contributed by atoms with Crippen LogP contribution in [0.15, 0.2) is 76.0 Å². The van der Waals surface area contributed by atoms with Crippen LogP contribution in [0.25, 0.3) is 10.2 Å². The number of benzene rings is 2. The molecule has 4 aromatic rings. The number of thiophene rings is 1. The smallest absolute Gasteiger partial charge is 0.272 e. The van der Waals surface area contributed by atoms with Gasteiger partial charge in [-0.1, -0.05) is 48.2 Å². The summed E-state index contributed by atoms with van der Waals surface area (Å²) in [6.45, 7) is 0.369. The Hall–Kier alpha value is -2.97. The van der Waals surface area contributed by atoms with Gasteiger partial charge in [-0.3, -0.25) is 14.2 Å². The van der Waals surface area contributed by atoms with Crippen LogP contribution in [-0.4, -0.2) is 21.2 Å². The zero-order chi connectivity index (χ0) is 20.2. The molecule has 0 radical (unpaired) electrons. The summed E-state index contributed by atoms with van der Waals surface area (Å²) in [7, 11) is 0. The Morgan fingerprint density at radius 2 is 1.97 bits per heavy atom. The number of rotatable bonds is 6. The summed E-state index contributed by atoms with van der Waals surface area (Å²) in [5, 5.41) is 4.96. The molecule has 1 N–H and O–H groups in total. The fourth-order valence-electron chi connectivity index (χ4n) is 2.83. The van der Waals surface area contributed by atoms with Crippen LogP contribution in [0.4, 0.5) is 10.1 Å². The minimum Gasteiger partial charge on any atom is -0.325 e. The highest BCUT2D eigenvalue weighted by Crippen LogP contribution is 2.22. The third-order valence-corrected chi connectivity index (χ3v) is 6.02. The van der Waals surface area contributed by atoms with Crippen molar-refractivity contribution in [2.45, 2.75) is 11.7 Å². The number of hydrogen-bond donors (Lipinski definition) is 1. The minimum atomic E-state index is -0.420. The van der Waals surface area contributed by atoms with Gasteiger partial charge in [0, 0.05) is 5.69 Å². The molecule has 0 saturated heterocycles. The first kappa shape index (κ1) is 19.4. The molecule has 0 bridgehead atoms. The van der Waals surface area contributed by atoms with Crippen molar-refractivity contribution in [2.24, 2.45) is 0 Å². The molecule has 29 heavy (non-hydrogen) atoms. The van der Waals surface area contributed by atoms with E-state index in [0.29, 0.717) is 27.6 Å². The molecule has 0 unspecified atom stereocenters. The van der Waals surface area contributed by atoms with E-state index in [1.165, 1.54) is 41.3 Å². The van der Waals surface area contributed by atoms with E-state index in [1.54, 1.807) is 16.7 Å². The Morgan fingerprint density at radius 3 is 2.76 bits per heavy atom. The summed E-state index contributed by atoms with van der Waals surface area (Å²) in [6.07, 6.45) is 0.